The molecule has 0 aliphatic carbocycles. The van der Waals surface area contributed by atoms with Gasteiger partial charge < -0.3 is 25.7 Å². The summed E-state index contributed by atoms with van der Waals surface area (Å²) in [4.78, 5) is 3.73. The molecule has 0 amide bonds. The third-order valence-corrected chi connectivity index (χ3v) is 10.7. The van der Waals surface area contributed by atoms with Crippen LogP contribution in [-0.4, -0.2) is 30.1 Å². The van der Waals surface area contributed by atoms with E-state index in [0.717, 1.165) is 53.5 Å². The number of rotatable bonds is 10. The third-order valence-electron chi connectivity index (χ3n) is 7.91. The van der Waals surface area contributed by atoms with E-state index >= 15 is 0 Å². The first kappa shape index (κ1) is 31.2. The van der Waals surface area contributed by atoms with Crippen LogP contribution < -0.4 is 11.5 Å². The van der Waals surface area contributed by atoms with Gasteiger partial charge in [0.2, 0.25) is 5.85 Å². The number of halogens is 2. The zero-order chi connectivity index (χ0) is 31.9. The van der Waals surface area contributed by atoms with E-state index in [1.807, 2.05) is 48.5 Å². The van der Waals surface area contributed by atoms with Crippen molar-refractivity contribution in [3.8, 4) is 41.8 Å². The van der Waals surface area contributed by atoms with Crippen LogP contribution in [0.1, 0.15) is 24.5 Å². The largest absolute Gasteiger partial charge is 0.396 e. The first-order valence-corrected chi connectivity index (χ1v) is 16.3. The van der Waals surface area contributed by atoms with Gasteiger partial charge in [-0.05, 0) is 47.5 Å². The molecule has 0 fully saturated rings. The summed E-state index contributed by atoms with van der Waals surface area (Å²) in [5.41, 5.74) is 19.7. The maximum atomic E-state index is 15.0. The van der Waals surface area contributed by atoms with Crippen LogP contribution in [0.2, 0.25) is 0 Å². The number of fused-ring (bicyclic) bond motifs is 1. The highest BCUT2D eigenvalue weighted by Crippen LogP contribution is 2.49. The molecule has 1 unspecified atom stereocenters. The van der Waals surface area contributed by atoms with Gasteiger partial charge in [0.15, 0.2) is 0 Å². The number of nitrogen functional groups attached to an aromatic ring is 2. The van der Waals surface area contributed by atoms with Crippen molar-refractivity contribution in [2.24, 2.45) is 0 Å². The van der Waals surface area contributed by atoms with E-state index < -0.39 is 11.9 Å². The number of thiophene rings is 2. The fourth-order valence-electron chi connectivity index (χ4n) is 5.30. The summed E-state index contributed by atoms with van der Waals surface area (Å²) in [6.45, 7) is 1.75. The summed E-state index contributed by atoms with van der Waals surface area (Å²) >= 11 is 4.18. The van der Waals surface area contributed by atoms with Crippen molar-refractivity contribution in [2.45, 2.75) is 25.2 Å². The fourth-order valence-corrected chi connectivity index (χ4v) is 8.00. The Hall–Kier alpha value is -3.78. The molecule has 0 aliphatic rings. The molecule has 45 heavy (non-hydrogen) atoms. The SMILES string of the molecule is CCC(F)(OC)c1ccc(-c2ccc(-c3c(N)c(N)c(-c4ccc(-c5ccc(C(F)(OC)OC)cc5)s4)c4nsnc34)s2)cc1. The maximum absolute atomic E-state index is 15.0. The third kappa shape index (κ3) is 5.41. The molecule has 6 rings (SSSR count). The number of nitrogens with two attached hydrogens (primary N) is 2. The maximum Gasteiger partial charge on any atom is 0.348 e. The molecule has 0 radical (unpaired) electrons. The van der Waals surface area contributed by atoms with E-state index in [0.29, 0.717) is 28.0 Å². The van der Waals surface area contributed by atoms with Gasteiger partial charge in [-0.1, -0.05) is 43.3 Å². The standard InChI is InChI=1S/C33H30F2N4O3S3/c1-5-32(34,40-2)20-10-6-18(7-11-20)22-14-16-24(43-22)26-28(36)29(37)27(31-30(26)38-45-39-31)25-17-15-23(44-25)19-8-12-21(13-9-19)33(35,41-3)42-4/h6-17H,5,36-37H2,1-4H3. The van der Waals surface area contributed by atoms with Crippen LogP contribution in [0.25, 0.3) is 52.8 Å². The number of ether oxygens (including phenoxy) is 3. The minimum Gasteiger partial charge on any atom is -0.396 e. The fraction of sp³-hybridized carbons (Fsp3) is 0.212. The summed E-state index contributed by atoms with van der Waals surface area (Å²) in [5, 5.41) is 0. The summed E-state index contributed by atoms with van der Waals surface area (Å²) in [5.74, 6) is -1.82. The average Bonchev–Trinajstić information content (AvgIpc) is 3.87. The van der Waals surface area contributed by atoms with E-state index in [2.05, 4.69) is 8.75 Å². The molecule has 12 heteroatoms. The van der Waals surface area contributed by atoms with Gasteiger partial charge in [0, 0.05) is 69.5 Å². The zero-order valence-corrected chi connectivity index (χ0v) is 27.3. The van der Waals surface area contributed by atoms with E-state index in [1.54, 1.807) is 42.5 Å². The molecule has 3 heterocycles. The lowest BCUT2D eigenvalue weighted by molar-refractivity contribution is -0.304. The monoisotopic (exact) mass is 664 g/mol. The Bertz CT molecular complexity index is 1820. The summed E-state index contributed by atoms with van der Waals surface area (Å²) < 4.78 is 53.9. The Balaban J connectivity index is 1.34. The second kappa shape index (κ2) is 12.2. The van der Waals surface area contributed by atoms with E-state index in [4.69, 9.17) is 25.7 Å². The number of nitrogens with zero attached hydrogens (tertiary/aromatic N) is 2. The summed E-state index contributed by atoms with van der Waals surface area (Å²) in [6, 6.07) is 19.8. The van der Waals surface area contributed by atoms with Gasteiger partial charge in [-0.3, -0.25) is 0 Å². The number of alkyl halides is 2. The highest BCUT2D eigenvalue weighted by molar-refractivity contribution is 7.19. The summed E-state index contributed by atoms with van der Waals surface area (Å²) in [7, 11) is 3.88. The van der Waals surface area contributed by atoms with E-state index in [1.165, 1.54) is 32.7 Å². The van der Waals surface area contributed by atoms with Gasteiger partial charge >= 0.3 is 6.04 Å². The normalized spacial score (nSPS) is 13.4. The molecular weight excluding hydrogens is 635 g/mol. The molecule has 0 saturated heterocycles. The van der Waals surface area contributed by atoms with Crippen LogP contribution in [0.4, 0.5) is 20.2 Å². The Labute approximate surface area is 271 Å². The quantitative estimate of drug-likeness (QED) is 0.111. The number of aromatic nitrogens is 2. The second-order valence-electron chi connectivity index (χ2n) is 10.3. The van der Waals surface area contributed by atoms with E-state index in [-0.39, 0.29) is 12.0 Å². The van der Waals surface area contributed by atoms with Gasteiger partial charge in [-0.2, -0.15) is 13.1 Å². The van der Waals surface area contributed by atoms with Crippen LogP contribution in [0.15, 0.2) is 72.8 Å². The van der Waals surface area contributed by atoms with Crippen molar-refractivity contribution >= 4 is 56.8 Å². The van der Waals surface area contributed by atoms with Gasteiger partial charge in [0.25, 0.3) is 0 Å². The predicted octanol–water partition coefficient (Wildman–Crippen LogP) is 9.20. The van der Waals surface area contributed by atoms with Crippen LogP contribution in [0.5, 0.6) is 0 Å². The van der Waals surface area contributed by atoms with Gasteiger partial charge in [-0.15, -0.1) is 22.7 Å². The number of hydrogen-bond acceptors (Lipinski definition) is 10. The van der Waals surface area contributed by atoms with Gasteiger partial charge in [0.05, 0.1) is 23.1 Å². The van der Waals surface area contributed by atoms with Crippen molar-refractivity contribution < 1.29 is 23.0 Å². The van der Waals surface area contributed by atoms with E-state index in [9.17, 15) is 8.78 Å². The van der Waals surface area contributed by atoms with Crippen LogP contribution in [-0.2, 0) is 26.1 Å². The lowest BCUT2D eigenvalue weighted by Gasteiger charge is -2.22. The average molecular weight is 665 g/mol. The minimum atomic E-state index is -2.31. The van der Waals surface area contributed by atoms with Crippen LogP contribution in [0.3, 0.4) is 0 Å². The number of methoxy groups -OCH3 is 3. The number of benzene rings is 3. The molecule has 0 bridgehead atoms. The second-order valence-corrected chi connectivity index (χ2v) is 12.9. The highest BCUT2D eigenvalue weighted by atomic mass is 32.1. The molecule has 3 aromatic carbocycles. The molecule has 1 atom stereocenters. The minimum absolute atomic E-state index is 0.213. The Morgan fingerprint density at radius 2 is 1.04 bits per heavy atom. The van der Waals surface area contributed by atoms with Crippen molar-refractivity contribution in [2.75, 3.05) is 32.8 Å². The van der Waals surface area contributed by atoms with Crippen LogP contribution in [0, 0.1) is 0 Å². The summed E-state index contributed by atoms with van der Waals surface area (Å²) in [6.07, 6.45) is 0.213. The van der Waals surface area contributed by atoms with Crippen molar-refractivity contribution in [3.63, 3.8) is 0 Å². The van der Waals surface area contributed by atoms with Crippen LogP contribution >= 0.6 is 34.4 Å². The lowest BCUT2D eigenvalue weighted by Crippen LogP contribution is -2.24. The zero-order valence-electron chi connectivity index (χ0n) is 24.9. The van der Waals surface area contributed by atoms with Gasteiger partial charge in [0.1, 0.15) is 11.0 Å². The highest BCUT2D eigenvalue weighted by Gasteiger charge is 2.32. The van der Waals surface area contributed by atoms with Crippen molar-refractivity contribution in [3.05, 3.63) is 83.9 Å². The Kier molecular flexibility index (Phi) is 8.46. The molecule has 0 aliphatic heterocycles. The smallest absolute Gasteiger partial charge is 0.348 e. The first-order chi connectivity index (χ1) is 21.7. The van der Waals surface area contributed by atoms with Crippen molar-refractivity contribution in [1.82, 2.24) is 8.75 Å². The molecule has 4 N–H and O–H groups in total. The van der Waals surface area contributed by atoms with Gasteiger partial charge in [-0.25, -0.2) is 4.39 Å². The first-order valence-electron chi connectivity index (χ1n) is 13.9. The topological polar surface area (TPSA) is 106 Å². The molecule has 232 valence electrons. The Morgan fingerprint density at radius 1 is 0.622 bits per heavy atom. The Morgan fingerprint density at radius 3 is 1.44 bits per heavy atom. The number of anilines is 2. The molecule has 7 nitrogen and oxygen atoms in total. The molecule has 0 saturated carbocycles. The molecule has 3 aromatic heterocycles. The molecule has 6 aromatic rings. The predicted molar refractivity (Wildman–Crippen MR) is 181 cm³/mol. The molecular formula is C33H30F2N4O3S3. The lowest BCUT2D eigenvalue weighted by atomic mass is 10.0. The van der Waals surface area contributed by atoms with Crippen molar-refractivity contribution in [1.29, 1.82) is 0 Å². The molecule has 0 spiro atoms. The number of hydrogen-bond donors (Lipinski definition) is 2.